The molecule has 0 fully saturated rings. The van der Waals surface area contributed by atoms with Crippen molar-refractivity contribution in [3.63, 3.8) is 0 Å². The lowest BCUT2D eigenvalue weighted by Gasteiger charge is -2.34. The minimum atomic E-state index is -3.25. The summed E-state index contributed by atoms with van der Waals surface area (Å²) in [6.45, 7) is 0.377. The highest BCUT2D eigenvalue weighted by atomic mass is 35.5. The molecule has 13 nitrogen and oxygen atoms in total. The van der Waals surface area contributed by atoms with Crippen LogP contribution in [0.15, 0.2) is 97.1 Å². The number of anilines is 2. The first kappa shape index (κ1) is 41.7. The van der Waals surface area contributed by atoms with Crippen molar-refractivity contribution in [3.8, 4) is 0 Å². The Morgan fingerprint density at radius 1 is 0.712 bits per heavy atom. The van der Waals surface area contributed by atoms with Crippen molar-refractivity contribution in [1.82, 2.24) is 20.6 Å². The molecule has 2 aliphatic heterocycles. The van der Waals surface area contributed by atoms with Crippen molar-refractivity contribution in [2.45, 2.75) is 24.9 Å². The highest BCUT2D eigenvalue weighted by Crippen LogP contribution is 2.30. The maximum absolute atomic E-state index is 13.1. The van der Waals surface area contributed by atoms with Crippen LogP contribution >= 0.6 is 23.2 Å². The third-order valence-electron chi connectivity index (χ3n) is 10.1. The summed E-state index contributed by atoms with van der Waals surface area (Å²) in [5.41, 5.74) is 5.59. The third-order valence-corrected chi connectivity index (χ3v) is 12.2. The predicted molar refractivity (Wildman–Crippen MR) is 233 cm³/mol. The van der Waals surface area contributed by atoms with Gasteiger partial charge < -0.3 is 30.4 Å². The van der Waals surface area contributed by atoms with Crippen LogP contribution in [0.25, 0.3) is 21.8 Å². The highest BCUT2D eigenvalue weighted by molar-refractivity contribution is 7.90. The van der Waals surface area contributed by atoms with E-state index >= 15 is 0 Å². The number of fused-ring (bicyclic) bond motifs is 4. The highest BCUT2D eigenvalue weighted by Gasteiger charge is 2.35. The van der Waals surface area contributed by atoms with E-state index in [0.717, 1.165) is 44.9 Å². The van der Waals surface area contributed by atoms with E-state index < -0.39 is 38.6 Å². The topological polar surface area (TPSA) is 182 Å². The summed E-state index contributed by atoms with van der Waals surface area (Å²) in [5, 5.41) is 8.41. The molecule has 4 N–H and O–H groups in total. The van der Waals surface area contributed by atoms with E-state index in [1.807, 2.05) is 42.5 Å². The fourth-order valence-corrected chi connectivity index (χ4v) is 8.52. The minimum absolute atomic E-state index is 0.0337. The number of halogens is 2. The zero-order valence-corrected chi connectivity index (χ0v) is 35.1. The summed E-state index contributed by atoms with van der Waals surface area (Å²) in [4.78, 5) is 60.9. The summed E-state index contributed by atoms with van der Waals surface area (Å²) in [6, 6.07) is 27.4. The largest absolute Gasteiger partial charge is 0.351 e. The lowest BCUT2D eigenvalue weighted by atomic mass is 9.97. The average Bonchev–Trinajstić information content (AvgIpc) is 3.82. The van der Waals surface area contributed by atoms with E-state index in [1.165, 1.54) is 4.90 Å². The van der Waals surface area contributed by atoms with Gasteiger partial charge in [-0.05, 0) is 71.8 Å². The zero-order valence-electron chi connectivity index (χ0n) is 32.0. The molecule has 17 heteroatoms. The van der Waals surface area contributed by atoms with Crippen LogP contribution in [0.3, 0.4) is 0 Å². The minimum Gasteiger partial charge on any atom is -0.351 e. The summed E-state index contributed by atoms with van der Waals surface area (Å²) in [5.74, 6) is -1.07. The lowest BCUT2D eigenvalue weighted by Crippen LogP contribution is -2.53. The number of benzene rings is 4. The molecule has 0 saturated carbocycles. The van der Waals surface area contributed by atoms with Gasteiger partial charge >= 0.3 is 0 Å². The number of carbonyl (C=O) groups excluding carboxylic acids is 4. The molecule has 0 spiro atoms. The molecule has 3 unspecified atom stereocenters. The van der Waals surface area contributed by atoms with Gasteiger partial charge in [0.2, 0.25) is 11.8 Å². The molecular formula is C42H40Cl2N6O7S2. The Morgan fingerprint density at radius 2 is 1.15 bits per heavy atom. The number of nitrogens with one attached hydrogen (secondary N) is 4. The van der Waals surface area contributed by atoms with Crippen LogP contribution < -0.4 is 20.4 Å². The van der Waals surface area contributed by atoms with E-state index in [2.05, 4.69) is 20.6 Å². The second-order valence-corrected chi connectivity index (χ2v) is 19.1. The van der Waals surface area contributed by atoms with Gasteiger partial charge in [0.1, 0.15) is 33.3 Å². The Morgan fingerprint density at radius 3 is 1.59 bits per heavy atom. The van der Waals surface area contributed by atoms with Gasteiger partial charge in [0.15, 0.2) is 0 Å². The van der Waals surface area contributed by atoms with E-state index in [9.17, 15) is 31.8 Å². The summed E-state index contributed by atoms with van der Waals surface area (Å²) >= 11 is 12.0. The smallest absolute Gasteiger partial charge is 0.268 e. The summed E-state index contributed by atoms with van der Waals surface area (Å²) in [6.07, 6.45) is 3.50. The number of nitrogens with zero attached hydrogens (tertiary/aromatic N) is 2. The third kappa shape index (κ3) is 9.71. The molecule has 0 bridgehead atoms. The van der Waals surface area contributed by atoms with Crippen molar-refractivity contribution in [3.05, 3.63) is 130 Å². The molecule has 2 aliphatic rings. The fraction of sp³-hybridized carbons (Fsp3) is 0.238. The van der Waals surface area contributed by atoms with Gasteiger partial charge in [0.25, 0.3) is 11.8 Å². The maximum atomic E-state index is 13.1. The van der Waals surface area contributed by atoms with Gasteiger partial charge in [-0.2, -0.15) is 0 Å². The van der Waals surface area contributed by atoms with Crippen LogP contribution in [0.2, 0.25) is 10.0 Å². The molecule has 0 saturated heterocycles. The van der Waals surface area contributed by atoms with Crippen molar-refractivity contribution < 1.29 is 31.8 Å². The number of aromatic amines is 2. The molecule has 0 radical (unpaired) electrons. The van der Waals surface area contributed by atoms with Crippen LogP contribution in [0.5, 0.6) is 0 Å². The van der Waals surface area contributed by atoms with Crippen molar-refractivity contribution in [1.29, 1.82) is 0 Å². The lowest BCUT2D eigenvalue weighted by molar-refractivity contribution is -0.121. The van der Waals surface area contributed by atoms with E-state index in [1.54, 1.807) is 65.8 Å². The van der Waals surface area contributed by atoms with Crippen molar-refractivity contribution in [2.24, 2.45) is 0 Å². The van der Waals surface area contributed by atoms with Gasteiger partial charge in [0.05, 0.1) is 5.75 Å². The van der Waals surface area contributed by atoms with Crippen LogP contribution in [0.1, 0.15) is 32.1 Å². The molecule has 59 heavy (non-hydrogen) atoms. The zero-order chi connectivity index (χ0) is 42.0. The normalized spacial score (nSPS) is 16.9. The van der Waals surface area contributed by atoms with Crippen LogP contribution in [0.4, 0.5) is 11.4 Å². The molecule has 0 aliphatic carbocycles. The molecule has 2 aromatic heterocycles. The summed E-state index contributed by atoms with van der Waals surface area (Å²) in [7, 11) is -4.27. The van der Waals surface area contributed by atoms with Crippen LogP contribution in [-0.4, -0.2) is 95.4 Å². The van der Waals surface area contributed by atoms with Crippen LogP contribution in [-0.2, 0) is 43.1 Å². The first-order valence-corrected chi connectivity index (χ1v) is 23.1. The van der Waals surface area contributed by atoms with E-state index in [4.69, 9.17) is 23.2 Å². The number of sulfone groups is 1. The number of para-hydroxylation sites is 2. The Kier molecular flexibility index (Phi) is 12.3. The Bertz CT molecular complexity index is 2750. The Balaban J connectivity index is 0.000000179. The summed E-state index contributed by atoms with van der Waals surface area (Å²) < 4.78 is 34.8. The Labute approximate surface area is 352 Å². The molecule has 4 amide bonds. The second kappa shape index (κ2) is 17.4. The fourth-order valence-electron chi connectivity index (χ4n) is 7.21. The second-order valence-electron chi connectivity index (χ2n) is 14.4. The van der Waals surface area contributed by atoms with Gasteiger partial charge in [-0.25, -0.2) is 8.42 Å². The van der Waals surface area contributed by atoms with Crippen molar-refractivity contribution >= 4 is 101 Å². The molecule has 4 heterocycles. The number of hydrogen-bond acceptors (Lipinski definition) is 7. The van der Waals surface area contributed by atoms with Crippen molar-refractivity contribution in [2.75, 3.05) is 46.9 Å². The quantitative estimate of drug-likeness (QED) is 0.141. The van der Waals surface area contributed by atoms with E-state index in [-0.39, 0.29) is 30.0 Å². The molecule has 3 atom stereocenters. The number of rotatable bonds is 10. The number of carbonyl (C=O) groups is 4. The van der Waals surface area contributed by atoms with E-state index in [0.29, 0.717) is 52.3 Å². The predicted octanol–water partition coefficient (Wildman–Crippen LogP) is 5.44. The first-order valence-electron chi connectivity index (χ1n) is 18.6. The molecule has 6 aromatic rings. The van der Waals surface area contributed by atoms with Gasteiger partial charge in [-0.1, -0.05) is 59.6 Å². The average molecular weight is 876 g/mol. The molecular weight excluding hydrogens is 836 g/mol. The number of H-pyrrole nitrogens is 2. The SMILES string of the molecule is CS(=O)(=O)CCN1C(=O)C(NC(=O)c2cc3cc(Cl)ccc3[nH]2)Cc2ccccc21.CS(=O)CCN1C(=O)C(NC(=O)c2cc3cc(Cl)ccc3[nH]2)Cc2ccccc21. The van der Waals surface area contributed by atoms with Crippen LogP contribution in [0, 0.1) is 0 Å². The number of hydrogen-bond donors (Lipinski definition) is 4. The maximum Gasteiger partial charge on any atom is 0.268 e. The van der Waals surface area contributed by atoms with Gasteiger partial charge in [0, 0.05) is 98.2 Å². The molecule has 306 valence electrons. The van der Waals surface area contributed by atoms with Gasteiger partial charge in [-0.15, -0.1) is 0 Å². The monoisotopic (exact) mass is 874 g/mol. The first-order chi connectivity index (χ1) is 28.1. The number of amides is 4. The number of aromatic nitrogens is 2. The van der Waals surface area contributed by atoms with Gasteiger partial charge in [-0.3, -0.25) is 23.4 Å². The molecule has 4 aromatic carbocycles. The molecule has 8 rings (SSSR count). The Hall–Kier alpha value is -5.48. The standard InChI is InChI=1S/C21H20ClN3O4S.C21H20ClN3O3S/c1-30(28,29)9-8-25-19-5-3-2-4-13(19)11-18(21(25)27)24-20(26)17-12-14-10-15(22)6-7-16(14)23-17;1-29(28)9-8-25-19-5-3-2-4-13(19)11-18(21(25)27)24-20(26)17-12-14-10-15(22)6-7-16(14)23-17/h2-7,10,12,18,23H,8-9,11H2,1H3,(H,24,26);2-7,10,12,18,23H,8-9,11H2,1H3,(H,24,26).